The van der Waals surface area contributed by atoms with Crippen LogP contribution in [0.15, 0.2) is 54.6 Å². The van der Waals surface area contributed by atoms with Gasteiger partial charge < -0.3 is 5.32 Å². The van der Waals surface area contributed by atoms with Gasteiger partial charge in [0.25, 0.3) is 0 Å². The van der Waals surface area contributed by atoms with Gasteiger partial charge in [0.1, 0.15) is 0 Å². The summed E-state index contributed by atoms with van der Waals surface area (Å²) in [5.41, 5.74) is 3.44. The maximum atomic E-state index is 12.2. The third kappa shape index (κ3) is 4.81. The highest BCUT2D eigenvalue weighted by Gasteiger charge is 2.14. The molecule has 0 aliphatic heterocycles. The molecule has 0 heterocycles. The Labute approximate surface area is 133 Å². The predicted molar refractivity (Wildman–Crippen MR) is 92.5 cm³/mol. The molecular formula is C20H25NO. The first kappa shape index (κ1) is 16.4. The van der Waals surface area contributed by atoms with Gasteiger partial charge in [-0.1, -0.05) is 75.4 Å². The van der Waals surface area contributed by atoms with Crippen molar-refractivity contribution < 1.29 is 4.79 Å². The standard InChI is InChI=1S/C20H25NO/c1-20(2,3)18-11-9-17(10-12-18)19(22)15-21-14-13-16-7-5-4-6-8-16/h4-12,21H,13-15H2,1-3H3. The highest BCUT2D eigenvalue weighted by atomic mass is 16.1. The number of carbonyl (C=O) groups excluding carboxylic acids is 1. The van der Waals surface area contributed by atoms with Crippen molar-refractivity contribution in [3.63, 3.8) is 0 Å². The average Bonchev–Trinajstić information content (AvgIpc) is 2.52. The number of carbonyl (C=O) groups is 1. The second-order valence-electron chi connectivity index (χ2n) is 6.66. The Kier molecular flexibility index (Phi) is 5.51. The van der Waals surface area contributed by atoms with E-state index in [4.69, 9.17) is 0 Å². The molecule has 116 valence electrons. The number of Topliss-reactive ketones (excluding diaryl/α,β-unsaturated/α-hetero) is 1. The molecule has 0 saturated carbocycles. The molecule has 0 fully saturated rings. The number of ketones is 1. The van der Waals surface area contributed by atoms with Crippen molar-refractivity contribution in [2.24, 2.45) is 0 Å². The van der Waals surface area contributed by atoms with E-state index in [9.17, 15) is 4.79 Å². The van der Waals surface area contributed by atoms with E-state index < -0.39 is 0 Å². The molecule has 22 heavy (non-hydrogen) atoms. The lowest BCUT2D eigenvalue weighted by Gasteiger charge is -2.19. The number of hydrogen-bond donors (Lipinski definition) is 1. The molecule has 2 heteroatoms. The van der Waals surface area contributed by atoms with Gasteiger partial charge in [-0.25, -0.2) is 0 Å². The molecule has 2 aromatic rings. The van der Waals surface area contributed by atoms with E-state index in [1.54, 1.807) is 0 Å². The molecule has 0 atom stereocenters. The van der Waals surface area contributed by atoms with Crippen LogP contribution >= 0.6 is 0 Å². The topological polar surface area (TPSA) is 29.1 Å². The zero-order chi connectivity index (χ0) is 16.0. The van der Waals surface area contributed by atoms with Gasteiger partial charge in [-0.3, -0.25) is 4.79 Å². The summed E-state index contributed by atoms with van der Waals surface area (Å²) >= 11 is 0. The Morgan fingerprint density at radius 1 is 0.955 bits per heavy atom. The van der Waals surface area contributed by atoms with Gasteiger partial charge in [0.05, 0.1) is 6.54 Å². The molecule has 2 aromatic carbocycles. The molecule has 0 radical (unpaired) electrons. The SMILES string of the molecule is CC(C)(C)c1ccc(C(=O)CNCCc2ccccc2)cc1. The molecule has 0 saturated heterocycles. The second kappa shape index (κ2) is 7.37. The van der Waals surface area contributed by atoms with Crippen molar-refractivity contribution in [2.75, 3.05) is 13.1 Å². The van der Waals surface area contributed by atoms with Crippen LogP contribution in [0.5, 0.6) is 0 Å². The Balaban J connectivity index is 1.80. The van der Waals surface area contributed by atoms with E-state index in [1.165, 1.54) is 11.1 Å². The highest BCUT2D eigenvalue weighted by Crippen LogP contribution is 2.22. The van der Waals surface area contributed by atoms with Gasteiger partial charge in [-0.15, -0.1) is 0 Å². The average molecular weight is 295 g/mol. The van der Waals surface area contributed by atoms with Crippen molar-refractivity contribution in [3.05, 3.63) is 71.3 Å². The van der Waals surface area contributed by atoms with Crippen molar-refractivity contribution in [2.45, 2.75) is 32.6 Å². The molecular weight excluding hydrogens is 270 g/mol. The zero-order valence-electron chi connectivity index (χ0n) is 13.7. The van der Waals surface area contributed by atoms with Gasteiger partial charge in [-0.2, -0.15) is 0 Å². The monoisotopic (exact) mass is 295 g/mol. The van der Waals surface area contributed by atoms with Crippen LogP contribution in [0, 0.1) is 0 Å². The van der Waals surface area contributed by atoms with Crippen LogP contribution in [0.4, 0.5) is 0 Å². The minimum Gasteiger partial charge on any atom is -0.309 e. The third-order valence-corrected chi connectivity index (χ3v) is 3.79. The fraction of sp³-hybridized carbons (Fsp3) is 0.350. The molecule has 0 bridgehead atoms. The second-order valence-corrected chi connectivity index (χ2v) is 6.66. The Bertz CT molecular complexity index is 594. The van der Waals surface area contributed by atoms with E-state index in [1.807, 2.05) is 30.3 Å². The predicted octanol–water partition coefficient (Wildman–Crippen LogP) is 4.00. The molecule has 2 nitrogen and oxygen atoms in total. The summed E-state index contributed by atoms with van der Waals surface area (Å²) in [4.78, 5) is 12.2. The molecule has 0 amide bonds. The van der Waals surface area contributed by atoms with E-state index >= 15 is 0 Å². The highest BCUT2D eigenvalue weighted by molar-refractivity contribution is 5.97. The number of nitrogens with one attached hydrogen (secondary N) is 1. The summed E-state index contributed by atoms with van der Waals surface area (Å²) in [5.74, 6) is 0.147. The first-order chi connectivity index (χ1) is 10.5. The number of hydrogen-bond acceptors (Lipinski definition) is 2. The van der Waals surface area contributed by atoms with Crippen molar-refractivity contribution in [1.82, 2.24) is 5.32 Å². The van der Waals surface area contributed by atoms with Crippen LogP contribution < -0.4 is 5.32 Å². The number of benzene rings is 2. The number of rotatable bonds is 6. The summed E-state index contributed by atoms with van der Waals surface area (Å²) in [5, 5.41) is 3.23. The van der Waals surface area contributed by atoms with E-state index in [0.29, 0.717) is 6.54 Å². The summed E-state index contributed by atoms with van der Waals surface area (Å²) in [6, 6.07) is 18.3. The van der Waals surface area contributed by atoms with E-state index in [2.05, 4.69) is 50.4 Å². The van der Waals surface area contributed by atoms with Gasteiger partial charge in [-0.05, 0) is 29.5 Å². The molecule has 2 rings (SSSR count). The van der Waals surface area contributed by atoms with Gasteiger partial charge in [0.15, 0.2) is 5.78 Å². The molecule has 0 aromatic heterocycles. The zero-order valence-corrected chi connectivity index (χ0v) is 13.7. The fourth-order valence-corrected chi connectivity index (χ4v) is 2.34. The fourth-order valence-electron chi connectivity index (χ4n) is 2.34. The van der Waals surface area contributed by atoms with E-state index in [0.717, 1.165) is 18.5 Å². The van der Waals surface area contributed by atoms with Gasteiger partial charge >= 0.3 is 0 Å². The largest absolute Gasteiger partial charge is 0.309 e. The van der Waals surface area contributed by atoms with Gasteiger partial charge in [0.2, 0.25) is 0 Å². The third-order valence-electron chi connectivity index (χ3n) is 3.79. The summed E-state index contributed by atoms with van der Waals surface area (Å²) in [6.07, 6.45) is 0.942. The van der Waals surface area contributed by atoms with Crippen LogP contribution in [0.25, 0.3) is 0 Å². The maximum absolute atomic E-state index is 12.2. The van der Waals surface area contributed by atoms with Crippen LogP contribution in [0.2, 0.25) is 0 Å². The Morgan fingerprint density at radius 3 is 2.18 bits per heavy atom. The summed E-state index contributed by atoms with van der Waals surface area (Å²) in [7, 11) is 0. The summed E-state index contributed by atoms with van der Waals surface area (Å²) in [6.45, 7) is 7.73. The molecule has 0 aliphatic carbocycles. The van der Waals surface area contributed by atoms with E-state index in [-0.39, 0.29) is 11.2 Å². The maximum Gasteiger partial charge on any atom is 0.176 e. The first-order valence-electron chi connectivity index (χ1n) is 7.85. The minimum absolute atomic E-state index is 0.121. The lowest BCUT2D eigenvalue weighted by molar-refractivity contribution is 0.0991. The Hall–Kier alpha value is -1.93. The molecule has 0 spiro atoms. The quantitative estimate of drug-likeness (QED) is 0.644. The first-order valence-corrected chi connectivity index (χ1v) is 7.85. The lowest BCUT2D eigenvalue weighted by Crippen LogP contribution is -2.25. The molecule has 1 N–H and O–H groups in total. The van der Waals surface area contributed by atoms with Crippen LogP contribution in [0.1, 0.15) is 42.3 Å². The Morgan fingerprint density at radius 2 is 1.59 bits per heavy atom. The van der Waals surface area contributed by atoms with Gasteiger partial charge in [0, 0.05) is 5.56 Å². The van der Waals surface area contributed by atoms with Crippen molar-refractivity contribution >= 4 is 5.78 Å². The van der Waals surface area contributed by atoms with Crippen LogP contribution in [-0.2, 0) is 11.8 Å². The lowest BCUT2D eigenvalue weighted by atomic mass is 9.86. The molecule has 0 aliphatic rings. The summed E-state index contributed by atoms with van der Waals surface area (Å²) < 4.78 is 0. The minimum atomic E-state index is 0.121. The van der Waals surface area contributed by atoms with Crippen LogP contribution in [0.3, 0.4) is 0 Å². The normalized spacial score (nSPS) is 11.4. The van der Waals surface area contributed by atoms with Crippen molar-refractivity contribution in [1.29, 1.82) is 0 Å². The van der Waals surface area contributed by atoms with Crippen LogP contribution in [-0.4, -0.2) is 18.9 Å². The smallest absolute Gasteiger partial charge is 0.176 e. The van der Waals surface area contributed by atoms with Crippen molar-refractivity contribution in [3.8, 4) is 0 Å². The molecule has 0 unspecified atom stereocenters.